The van der Waals surface area contributed by atoms with Gasteiger partial charge in [-0.1, -0.05) is 17.7 Å². The number of halogens is 1. The van der Waals surface area contributed by atoms with E-state index in [2.05, 4.69) is 31.1 Å². The van der Waals surface area contributed by atoms with Crippen molar-refractivity contribution in [2.75, 3.05) is 10.7 Å². The number of nitrogens with one attached hydrogen (secondary N) is 3. The number of aryl methyl sites for hydroxylation is 1. The van der Waals surface area contributed by atoms with Gasteiger partial charge in [-0.15, -0.1) is 0 Å². The molecular weight excluding hydrogens is 386 g/mol. The molecule has 142 valence electrons. The maximum Gasteiger partial charge on any atom is 0.355 e. The number of amides is 1. The summed E-state index contributed by atoms with van der Waals surface area (Å²) in [6, 6.07) is 8.11. The van der Waals surface area contributed by atoms with Crippen LogP contribution >= 0.6 is 11.6 Å². The fraction of sp³-hybridized carbons (Fsp3) is 0.0588. The van der Waals surface area contributed by atoms with E-state index in [1.165, 1.54) is 24.5 Å². The Hall–Kier alpha value is -3.79. The summed E-state index contributed by atoms with van der Waals surface area (Å²) in [5.41, 5.74) is 6.09. The number of nitrogens with zero attached hydrogens (tertiary/aromatic N) is 4. The van der Waals surface area contributed by atoms with Crippen LogP contribution in [0.2, 0.25) is 5.02 Å². The van der Waals surface area contributed by atoms with Crippen LogP contribution in [0.25, 0.3) is 0 Å². The largest absolute Gasteiger partial charge is 0.355 e. The van der Waals surface area contributed by atoms with Crippen LogP contribution in [0.3, 0.4) is 0 Å². The van der Waals surface area contributed by atoms with Crippen molar-refractivity contribution in [2.45, 2.75) is 6.92 Å². The first-order chi connectivity index (χ1) is 13.5. The van der Waals surface area contributed by atoms with Gasteiger partial charge < -0.3 is 5.32 Å². The quantitative estimate of drug-likeness (QED) is 0.424. The number of carbonyl (C=O) groups excluding carboxylic acids is 1. The second-order valence-electron chi connectivity index (χ2n) is 5.58. The van der Waals surface area contributed by atoms with Crippen molar-refractivity contribution in [3.8, 4) is 0 Å². The Labute approximate surface area is 164 Å². The fourth-order valence-electron chi connectivity index (χ4n) is 2.23. The van der Waals surface area contributed by atoms with Crippen molar-refractivity contribution < 1.29 is 9.72 Å². The molecule has 3 N–H and O–H groups in total. The third-order valence-electron chi connectivity index (χ3n) is 3.68. The molecule has 2 aromatic heterocycles. The molecule has 0 saturated carbocycles. The van der Waals surface area contributed by atoms with E-state index in [9.17, 15) is 14.9 Å². The van der Waals surface area contributed by atoms with Crippen molar-refractivity contribution in [2.24, 2.45) is 0 Å². The van der Waals surface area contributed by atoms with E-state index in [1.54, 1.807) is 18.2 Å². The van der Waals surface area contributed by atoms with Gasteiger partial charge in [0, 0.05) is 28.7 Å². The molecule has 0 unspecified atom stereocenters. The molecule has 28 heavy (non-hydrogen) atoms. The van der Waals surface area contributed by atoms with E-state index >= 15 is 0 Å². The van der Waals surface area contributed by atoms with Crippen LogP contribution in [-0.4, -0.2) is 25.8 Å². The van der Waals surface area contributed by atoms with Crippen LogP contribution < -0.4 is 16.2 Å². The summed E-state index contributed by atoms with van der Waals surface area (Å²) in [6.07, 6.45) is 4.04. The number of rotatable bonds is 6. The highest BCUT2D eigenvalue weighted by molar-refractivity contribution is 6.31. The van der Waals surface area contributed by atoms with Gasteiger partial charge in [0.15, 0.2) is 0 Å². The number of nitro groups is 1. The molecule has 0 spiro atoms. The molecule has 11 heteroatoms. The van der Waals surface area contributed by atoms with Crippen molar-refractivity contribution in [3.63, 3.8) is 0 Å². The van der Waals surface area contributed by atoms with E-state index in [-0.39, 0.29) is 11.6 Å². The highest BCUT2D eigenvalue weighted by atomic mass is 35.5. The van der Waals surface area contributed by atoms with E-state index in [4.69, 9.17) is 11.6 Å². The Bertz CT molecular complexity index is 1030. The topological polar surface area (TPSA) is 135 Å². The minimum absolute atomic E-state index is 0.0550. The molecular formula is C17H14ClN7O3. The molecule has 3 rings (SSSR count). The number of carbonyl (C=O) groups is 1. The number of aromatic nitrogens is 3. The number of hydrogen-bond donors (Lipinski definition) is 3. The van der Waals surface area contributed by atoms with E-state index in [0.29, 0.717) is 16.3 Å². The molecule has 0 aliphatic carbocycles. The molecule has 0 aliphatic heterocycles. The van der Waals surface area contributed by atoms with Crippen molar-refractivity contribution >= 4 is 40.5 Å². The van der Waals surface area contributed by atoms with Gasteiger partial charge in [-0.25, -0.2) is 9.97 Å². The van der Waals surface area contributed by atoms with Gasteiger partial charge in [0.1, 0.15) is 6.33 Å². The number of hydrogen-bond acceptors (Lipinski definition) is 8. The molecule has 0 radical (unpaired) electrons. The van der Waals surface area contributed by atoms with E-state index < -0.39 is 16.5 Å². The van der Waals surface area contributed by atoms with Crippen molar-refractivity contribution in [3.05, 3.63) is 75.3 Å². The lowest BCUT2D eigenvalue weighted by Gasteiger charge is -2.11. The fourth-order valence-corrected chi connectivity index (χ4v) is 2.41. The van der Waals surface area contributed by atoms with Gasteiger partial charge in [0.05, 0.1) is 4.92 Å². The third kappa shape index (κ3) is 4.30. The van der Waals surface area contributed by atoms with Crippen molar-refractivity contribution in [1.29, 1.82) is 0 Å². The summed E-state index contributed by atoms with van der Waals surface area (Å²) in [5, 5.41) is 14.9. The van der Waals surface area contributed by atoms with Crippen LogP contribution in [0.15, 0.2) is 49.1 Å². The molecule has 0 atom stereocenters. The van der Waals surface area contributed by atoms with Crippen LogP contribution in [0.5, 0.6) is 0 Å². The van der Waals surface area contributed by atoms with Gasteiger partial charge in [-0.2, -0.15) is 0 Å². The first-order valence-corrected chi connectivity index (χ1v) is 8.32. The summed E-state index contributed by atoms with van der Waals surface area (Å²) in [6.45, 7) is 1.84. The third-order valence-corrected chi connectivity index (χ3v) is 4.08. The SMILES string of the molecule is Cc1ccc(Nc2ncnc(NNC(=O)c3ccncc3)c2[N+](=O)[O-])cc1Cl. The smallest absolute Gasteiger partial charge is 0.334 e. The molecule has 0 saturated heterocycles. The summed E-state index contributed by atoms with van der Waals surface area (Å²) >= 11 is 6.09. The van der Waals surface area contributed by atoms with Gasteiger partial charge >= 0.3 is 5.69 Å². The Balaban J connectivity index is 1.84. The normalized spacial score (nSPS) is 10.2. The summed E-state index contributed by atoms with van der Waals surface area (Å²) in [4.78, 5) is 34.6. The second-order valence-corrected chi connectivity index (χ2v) is 5.99. The van der Waals surface area contributed by atoms with Crippen LogP contribution in [0, 0.1) is 17.0 Å². The lowest BCUT2D eigenvalue weighted by molar-refractivity contribution is -0.383. The molecule has 0 aliphatic rings. The van der Waals surface area contributed by atoms with Gasteiger partial charge in [-0.05, 0) is 36.8 Å². The Morgan fingerprint density at radius 1 is 1.14 bits per heavy atom. The Kier molecular flexibility index (Phi) is 5.61. The maximum atomic E-state index is 12.1. The lowest BCUT2D eigenvalue weighted by Crippen LogP contribution is -2.30. The molecule has 1 amide bonds. The predicted molar refractivity (Wildman–Crippen MR) is 103 cm³/mol. The minimum atomic E-state index is -0.654. The first kappa shape index (κ1) is 19.0. The van der Waals surface area contributed by atoms with Gasteiger partial charge in [0.2, 0.25) is 11.6 Å². The van der Waals surface area contributed by atoms with E-state index in [1.807, 2.05) is 6.92 Å². The highest BCUT2D eigenvalue weighted by Crippen LogP contribution is 2.31. The average molecular weight is 400 g/mol. The average Bonchev–Trinajstić information content (AvgIpc) is 2.69. The monoisotopic (exact) mass is 399 g/mol. The first-order valence-electron chi connectivity index (χ1n) is 7.94. The molecule has 2 heterocycles. The number of benzene rings is 1. The number of anilines is 3. The zero-order chi connectivity index (χ0) is 20.1. The van der Waals surface area contributed by atoms with Crippen molar-refractivity contribution in [1.82, 2.24) is 20.4 Å². The second kappa shape index (κ2) is 8.27. The lowest BCUT2D eigenvalue weighted by atomic mass is 10.2. The van der Waals surface area contributed by atoms with Gasteiger partial charge in [0.25, 0.3) is 5.91 Å². The number of pyridine rings is 1. The Morgan fingerprint density at radius 2 is 1.86 bits per heavy atom. The molecule has 3 aromatic rings. The van der Waals surface area contributed by atoms with Crippen LogP contribution in [-0.2, 0) is 0 Å². The standard InChI is InChI=1S/C17H14ClN7O3/c1-10-2-3-12(8-13(10)18)22-15-14(25(27)28)16(21-9-20-15)23-24-17(26)11-4-6-19-7-5-11/h2-9H,1H3,(H,24,26)(H2,20,21,22,23). The van der Waals surface area contributed by atoms with Gasteiger partial charge in [-0.3, -0.25) is 30.7 Å². The number of hydrazine groups is 1. The summed E-state index contributed by atoms with van der Waals surface area (Å²) < 4.78 is 0. The molecule has 10 nitrogen and oxygen atoms in total. The van der Waals surface area contributed by atoms with Crippen LogP contribution in [0.4, 0.5) is 23.0 Å². The summed E-state index contributed by atoms with van der Waals surface area (Å²) in [5.74, 6) is -0.737. The Morgan fingerprint density at radius 3 is 2.54 bits per heavy atom. The summed E-state index contributed by atoms with van der Waals surface area (Å²) in [7, 11) is 0. The maximum absolute atomic E-state index is 12.1. The zero-order valence-corrected chi connectivity index (χ0v) is 15.3. The zero-order valence-electron chi connectivity index (χ0n) is 14.5. The predicted octanol–water partition coefficient (Wildman–Crippen LogP) is 3.24. The molecule has 1 aromatic carbocycles. The van der Waals surface area contributed by atoms with Crippen LogP contribution in [0.1, 0.15) is 15.9 Å². The minimum Gasteiger partial charge on any atom is -0.334 e. The van der Waals surface area contributed by atoms with E-state index in [0.717, 1.165) is 11.9 Å². The molecule has 0 bridgehead atoms. The highest BCUT2D eigenvalue weighted by Gasteiger charge is 2.24. The molecule has 0 fully saturated rings.